The van der Waals surface area contributed by atoms with Crippen LogP contribution in [0.2, 0.25) is 0 Å². The lowest BCUT2D eigenvalue weighted by atomic mass is 10.1. The minimum atomic E-state index is -4.32. The highest BCUT2D eigenvalue weighted by atomic mass is 19.4. The molecule has 1 aliphatic carbocycles. The number of hydrogen-bond donors (Lipinski definition) is 1. The lowest BCUT2D eigenvalue weighted by molar-refractivity contribution is -0.142. The summed E-state index contributed by atoms with van der Waals surface area (Å²) in [5.41, 5.74) is 5.03. The molecule has 38 heavy (non-hydrogen) atoms. The second-order valence-corrected chi connectivity index (χ2v) is 10.2. The van der Waals surface area contributed by atoms with Crippen LogP contribution in [0.1, 0.15) is 29.9 Å². The van der Waals surface area contributed by atoms with Crippen LogP contribution in [0.5, 0.6) is 0 Å². The molecule has 0 atom stereocenters. The molecule has 1 aromatic carbocycles. The van der Waals surface area contributed by atoms with Crippen molar-refractivity contribution < 1.29 is 18.0 Å². The second-order valence-electron chi connectivity index (χ2n) is 10.2. The number of carbonyl (C=O) groups excluding carboxylic acids is 1. The molecular formula is C27H28F3N7O. The zero-order chi connectivity index (χ0) is 26.3. The van der Waals surface area contributed by atoms with Gasteiger partial charge >= 0.3 is 6.18 Å². The van der Waals surface area contributed by atoms with Gasteiger partial charge in [-0.1, -0.05) is 6.07 Å². The normalized spacial score (nSPS) is 16.9. The van der Waals surface area contributed by atoms with Crippen LogP contribution in [-0.4, -0.2) is 72.8 Å². The molecule has 4 heterocycles. The Hall–Kier alpha value is -3.73. The molecule has 6 rings (SSSR count). The van der Waals surface area contributed by atoms with E-state index >= 15 is 0 Å². The number of halogens is 3. The summed E-state index contributed by atoms with van der Waals surface area (Å²) in [6, 6.07) is 9.67. The first-order chi connectivity index (χ1) is 18.3. The summed E-state index contributed by atoms with van der Waals surface area (Å²) < 4.78 is 38.9. The smallest absolute Gasteiger partial charge is 0.342 e. The lowest BCUT2D eigenvalue weighted by Crippen LogP contribution is -2.48. The number of rotatable bonds is 7. The van der Waals surface area contributed by atoms with Crippen LogP contribution in [0.15, 0.2) is 48.9 Å². The number of hydrogen-bond acceptors (Lipinski definition) is 5. The van der Waals surface area contributed by atoms with Crippen LogP contribution in [0.4, 0.5) is 13.2 Å². The van der Waals surface area contributed by atoms with Crippen molar-refractivity contribution in [1.29, 1.82) is 0 Å². The largest absolute Gasteiger partial charge is 0.408 e. The van der Waals surface area contributed by atoms with E-state index in [1.807, 2.05) is 35.4 Å². The average Bonchev–Trinajstić information content (AvgIpc) is 3.50. The number of piperazine rings is 1. The third kappa shape index (κ3) is 5.72. The molecule has 0 bridgehead atoms. The summed E-state index contributed by atoms with van der Waals surface area (Å²) in [5.74, 6) is 1.36. The number of nitrogens with zero attached hydrogens (tertiary/aromatic N) is 6. The molecule has 0 unspecified atom stereocenters. The van der Waals surface area contributed by atoms with Gasteiger partial charge < -0.3 is 9.88 Å². The molecule has 1 N–H and O–H groups in total. The Balaban J connectivity index is 1.09. The Bertz CT molecular complexity index is 1450. The van der Waals surface area contributed by atoms with E-state index in [0.717, 1.165) is 78.4 Å². The van der Waals surface area contributed by atoms with Crippen molar-refractivity contribution in [1.82, 2.24) is 34.5 Å². The van der Waals surface area contributed by atoms with Gasteiger partial charge in [0.1, 0.15) is 12.4 Å². The van der Waals surface area contributed by atoms with Crippen molar-refractivity contribution in [2.45, 2.75) is 38.5 Å². The van der Waals surface area contributed by atoms with Gasteiger partial charge in [-0.15, -0.1) is 0 Å². The molecular weight excluding hydrogens is 495 g/mol. The fraction of sp³-hybridized carbons (Fsp3) is 0.407. The van der Waals surface area contributed by atoms with Gasteiger partial charge in [0.05, 0.1) is 17.2 Å². The molecule has 0 spiro atoms. The quantitative estimate of drug-likeness (QED) is 0.396. The van der Waals surface area contributed by atoms with Gasteiger partial charge in [-0.2, -0.15) is 18.3 Å². The number of H-pyrrole nitrogens is 1. The molecule has 0 radical (unpaired) electrons. The topological polar surface area (TPSA) is 82.9 Å². The van der Waals surface area contributed by atoms with E-state index in [-0.39, 0.29) is 5.92 Å². The summed E-state index contributed by atoms with van der Waals surface area (Å²) in [5, 5.41) is 3.83. The Morgan fingerprint density at radius 1 is 1.05 bits per heavy atom. The number of nitrogens with one attached hydrogen (secondary N) is 1. The molecule has 1 aliphatic heterocycles. The van der Waals surface area contributed by atoms with Crippen LogP contribution in [0.3, 0.4) is 0 Å². The van der Waals surface area contributed by atoms with Crippen molar-refractivity contribution in [3.63, 3.8) is 0 Å². The Kier molecular flexibility index (Phi) is 6.38. The van der Waals surface area contributed by atoms with Gasteiger partial charge in [0.2, 0.25) is 5.91 Å². The maximum atomic E-state index is 12.7. The van der Waals surface area contributed by atoms with Crippen molar-refractivity contribution in [3.05, 3.63) is 66.0 Å². The fourth-order valence-corrected chi connectivity index (χ4v) is 4.98. The Labute approximate surface area is 217 Å². The summed E-state index contributed by atoms with van der Waals surface area (Å²) in [6.07, 6.45) is 2.95. The number of alkyl halides is 3. The number of aromatic amines is 1. The first kappa shape index (κ1) is 24.6. The number of fused-ring (bicyclic) bond motifs is 1. The highest BCUT2D eigenvalue weighted by Gasteiger charge is 2.34. The zero-order valence-electron chi connectivity index (χ0n) is 20.8. The molecule has 11 heteroatoms. The highest BCUT2D eigenvalue weighted by Crippen LogP contribution is 2.31. The minimum absolute atomic E-state index is 0.274. The summed E-state index contributed by atoms with van der Waals surface area (Å²) in [6.45, 7) is 3.02. The Morgan fingerprint density at radius 3 is 2.63 bits per heavy atom. The summed E-state index contributed by atoms with van der Waals surface area (Å²) in [7, 11) is 0. The number of imidazole rings is 1. The molecule has 4 aromatic rings. The lowest BCUT2D eigenvalue weighted by Gasteiger charge is -2.35. The molecule has 1 amide bonds. The van der Waals surface area contributed by atoms with E-state index < -0.39 is 12.7 Å². The summed E-state index contributed by atoms with van der Waals surface area (Å²) >= 11 is 0. The van der Waals surface area contributed by atoms with Gasteiger partial charge in [0, 0.05) is 68.7 Å². The number of amides is 1. The van der Waals surface area contributed by atoms with Crippen LogP contribution in [0, 0.1) is 5.92 Å². The first-order valence-corrected chi connectivity index (χ1v) is 12.8. The van der Waals surface area contributed by atoms with Crippen molar-refractivity contribution in [3.8, 4) is 11.1 Å². The van der Waals surface area contributed by atoms with E-state index in [1.165, 1.54) is 18.0 Å². The number of carbonyl (C=O) groups is 1. The van der Waals surface area contributed by atoms with Crippen LogP contribution < -0.4 is 0 Å². The SMILES string of the molecule is O=C(C1CC1)N1CCN(Cc2ccnc(Cc3nc4ccc(-c5cnn(CC(F)(F)F)c5)cc4[nH]3)c2)CC1. The fourth-order valence-electron chi connectivity index (χ4n) is 4.98. The van der Waals surface area contributed by atoms with Crippen molar-refractivity contribution in [2.75, 3.05) is 26.2 Å². The van der Waals surface area contributed by atoms with Crippen LogP contribution in [-0.2, 0) is 24.3 Å². The van der Waals surface area contributed by atoms with Crippen LogP contribution in [0.25, 0.3) is 22.2 Å². The van der Waals surface area contributed by atoms with Gasteiger partial charge in [0.15, 0.2) is 0 Å². The molecule has 3 aromatic heterocycles. The third-order valence-corrected chi connectivity index (χ3v) is 7.09. The van der Waals surface area contributed by atoms with Crippen molar-refractivity contribution in [2.24, 2.45) is 5.92 Å². The van der Waals surface area contributed by atoms with E-state index in [9.17, 15) is 18.0 Å². The number of aromatic nitrogens is 5. The molecule has 1 saturated heterocycles. The van der Waals surface area contributed by atoms with Gasteiger partial charge in [-0.05, 0) is 48.2 Å². The summed E-state index contributed by atoms with van der Waals surface area (Å²) in [4.78, 5) is 29.2. The number of benzene rings is 1. The van der Waals surface area contributed by atoms with E-state index in [1.54, 1.807) is 0 Å². The van der Waals surface area contributed by atoms with Crippen LogP contribution >= 0.6 is 0 Å². The standard InChI is InChI=1S/C27H28F3N7O/c28-27(29,30)17-37-16-21(14-32-37)20-3-4-23-24(12-20)34-25(33-23)13-22-11-18(5-6-31-22)15-35-7-9-36(10-8-35)26(38)19-1-2-19/h3-6,11-12,14,16,19H,1-2,7-10,13,15,17H2,(H,33,34). The third-order valence-electron chi connectivity index (χ3n) is 7.09. The maximum Gasteiger partial charge on any atom is 0.408 e. The van der Waals surface area contributed by atoms with E-state index in [0.29, 0.717) is 17.9 Å². The number of pyridine rings is 1. The highest BCUT2D eigenvalue weighted by molar-refractivity contribution is 5.82. The monoisotopic (exact) mass is 523 g/mol. The first-order valence-electron chi connectivity index (χ1n) is 12.8. The maximum absolute atomic E-state index is 12.7. The van der Waals surface area contributed by atoms with Gasteiger partial charge in [0.25, 0.3) is 0 Å². The average molecular weight is 524 g/mol. The molecule has 2 fully saturated rings. The zero-order valence-corrected chi connectivity index (χ0v) is 20.8. The molecule has 198 valence electrons. The molecule has 1 saturated carbocycles. The van der Waals surface area contributed by atoms with E-state index in [2.05, 4.69) is 31.0 Å². The predicted molar refractivity (Wildman–Crippen MR) is 135 cm³/mol. The molecule has 2 aliphatic rings. The van der Waals surface area contributed by atoms with Gasteiger partial charge in [-0.3, -0.25) is 19.4 Å². The second kappa shape index (κ2) is 9.86. The Morgan fingerprint density at radius 2 is 1.87 bits per heavy atom. The van der Waals surface area contributed by atoms with Crippen molar-refractivity contribution >= 4 is 16.9 Å². The molecule has 8 nitrogen and oxygen atoms in total. The minimum Gasteiger partial charge on any atom is -0.342 e. The predicted octanol–water partition coefficient (Wildman–Crippen LogP) is 4.03. The van der Waals surface area contributed by atoms with Gasteiger partial charge in [-0.25, -0.2) is 4.98 Å². The van der Waals surface area contributed by atoms with E-state index in [4.69, 9.17) is 0 Å².